The average molecular weight is 189 g/mol. The minimum absolute atomic E-state index is 0.315. The van der Waals surface area contributed by atoms with Crippen LogP contribution in [0.2, 0.25) is 0 Å². The van der Waals surface area contributed by atoms with Crippen LogP contribution in [0, 0.1) is 11.9 Å². The molecule has 1 rings (SSSR count). The van der Waals surface area contributed by atoms with Crippen LogP contribution >= 0.6 is 15.9 Å². The van der Waals surface area contributed by atoms with E-state index in [2.05, 4.69) is 22.0 Å². The molecule has 1 aromatic rings. The Balaban J connectivity index is 3.17. The Bertz CT molecular complexity index is 224. The average Bonchev–Trinajstić information content (AvgIpc) is 1.80. The van der Waals surface area contributed by atoms with Crippen LogP contribution in [0.5, 0.6) is 0 Å². The van der Waals surface area contributed by atoms with Crippen LogP contribution in [-0.4, -0.2) is 0 Å². The van der Waals surface area contributed by atoms with E-state index in [4.69, 9.17) is 5.73 Å². The van der Waals surface area contributed by atoms with E-state index in [1.165, 1.54) is 0 Å². The van der Waals surface area contributed by atoms with Gasteiger partial charge in [-0.15, -0.1) is 0 Å². The van der Waals surface area contributed by atoms with Crippen molar-refractivity contribution >= 4 is 21.6 Å². The van der Waals surface area contributed by atoms with Crippen LogP contribution < -0.4 is 5.73 Å². The number of hydrogen-bond donors (Lipinski definition) is 1. The predicted octanol–water partition coefficient (Wildman–Crippen LogP) is 1.97. The lowest BCUT2D eigenvalue weighted by Gasteiger charge is -1.92. The first-order valence-electron chi connectivity index (χ1n) is 2.33. The zero-order valence-electron chi connectivity index (χ0n) is 4.49. The highest BCUT2D eigenvalue weighted by Gasteiger charge is 1.96. The molecule has 0 aliphatic heterocycles. The smallest absolute Gasteiger partial charge is 0.147 e. The molecule has 47 valence electrons. The molecule has 0 spiro atoms. The lowest BCUT2D eigenvalue weighted by atomic mass is 10.3. The first-order valence-corrected chi connectivity index (χ1v) is 3.12. The van der Waals surface area contributed by atoms with Gasteiger partial charge in [-0.05, 0) is 28.1 Å². The molecule has 1 nitrogen and oxygen atoms in total. The van der Waals surface area contributed by atoms with Crippen LogP contribution in [0.3, 0.4) is 0 Å². The Morgan fingerprint density at radius 2 is 2.22 bits per heavy atom. The third-order valence-electron chi connectivity index (χ3n) is 0.873. The number of benzene rings is 1. The molecule has 0 amide bonds. The number of anilines is 1. The molecule has 0 atom stereocenters. The molecule has 0 aliphatic carbocycles. The van der Waals surface area contributed by atoms with Crippen molar-refractivity contribution in [3.63, 3.8) is 0 Å². The van der Waals surface area contributed by atoms with Gasteiger partial charge < -0.3 is 5.73 Å². The lowest BCUT2D eigenvalue weighted by molar-refractivity contribution is 0.619. The monoisotopic (exact) mass is 188 g/mol. The van der Waals surface area contributed by atoms with Gasteiger partial charge in [-0.2, -0.15) is 0 Å². The summed E-state index contributed by atoms with van der Waals surface area (Å²) >= 11 is 2.97. The molecule has 0 unspecified atom stereocenters. The van der Waals surface area contributed by atoms with Gasteiger partial charge in [0.15, 0.2) is 0 Å². The molecule has 2 N–H and O–H groups in total. The summed E-state index contributed by atoms with van der Waals surface area (Å²) in [5, 5.41) is 0. The maximum atomic E-state index is 12.4. The van der Waals surface area contributed by atoms with Gasteiger partial charge >= 0.3 is 0 Å². The van der Waals surface area contributed by atoms with E-state index in [0.29, 0.717) is 10.2 Å². The van der Waals surface area contributed by atoms with E-state index in [1.54, 1.807) is 12.1 Å². The van der Waals surface area contributed by atoms with Crippen LogP contribution in [0.4, 0.5) is 10.1 Å². The van der Waals surface area contributed by atoms with Crippen molar-refractivity contribution in [2.75, 3.05) is 5.73 Å². The van der Waals surface area contributed by atoms with E-state index in [1.807, 2.05) is 0 Å². The second kappa shape index (κ2) is 2.35. The van der Waals surface area contributed by atoms with Crippen LogP contribution in [0.15, 0.2) is 16.6 Å². The maximum Gasteiger partial charge on any atom is 0.147 e. The van der Waals surface area contributed by atoms with Gasteiger partial charge in [-0.25, -0.2) is 4.39 Å². The lowest BCUT2D eigenvalue weighted by Crippen LogP contribution is -1.86. The van der Waals surface area contributed by atoms with Gasteiger partial charge in [0.2, 0.25) is 0 Å². The highest BCUT2D eigenvalue weighted by atomic mass is 79.9. The number of nitrogens with two attached hydrogens (primary N) is 1. The van der Waals surface area contributed by atoms with Gasteiger partial charge in [0, 0.05) is 11.8 Å². The van der Waals surface area contributed by atoms with Crippen molar-refractivity contribution in [3.05, 3.63) is 28.5 Å². The molecule has 9 heavy (non-hydrogen) atoms. The maximum absolute atomic E-state index is 12.4. The molecule has 0 saturated heterocycles. The molecule has 3 heteroatoms. The highest BCUT2D eigenvalue weighted by Crippen LogP contribution is 2.15. The Morgan fingerprint density at radius 3 is 2.67 bits per heavy atom. The number of halogens is 2. The van der Waals surface area contributed by atoms with E-state index in [9.17, 15) is 4.39 Å². The van der Waals surface area contributed by atoms with Crippen LogP contribution in [0.25, 0.3) is 0 Å². The fourth-order valence-corrected chi connectivity index (χ4v) is 0.695. The standard InChI is InChI=1S/C6H4BrFN/c7-5-2-1-4(9)3-6(5)8/h1-2H,9H2. The van der Waals surface area contributed by atoms with Crippen molar-refractivity contribution in [1.82, 2.24) is 0 Å². The molecule has 1 aromatic carbocycles. The van der Waals surface area contributed by atoms with E-state index in [-0.39, 0.29) is 0 Å². The Labute approximate surface area is 60.8 Å². The van der Waals surface area contributed by atoms with Gasteiger partial charge in [0.05, 0.1) is 4.47 Å². The topological polar surface area (TPSA) is 26.0 Å². The molecule has 0 fully saturated rings. The summed E-state index contributed by atoms with van der Waals surface area (Å²) in [6.45, 7) is 0. The van der Waals surface area contributed by atoms with Gasteiger partial charge in [0.1, 0.15) is 5.82 Å². The SMILES string of the molecule is Nc1[c]c(F)c(Br)cc1. The number of nitrogen functional groups attached to an aromatic ring is 1. The molecule has 0 saturated carbocycles. The van der Waals surface area contributed by atoms with Crippen LogP contribution in [-0.2, 0) is 0 Å². The van der Waals surface area contributed by atoms with E-state index in [0.717, 1.165) is 0 Å². The van der Waals surface area contributed by atoms with Crippen molar-refractivity contribution in [3.8, 4) is 0 Å². The van der Waals surface area contributed by atoms with Crippen molar-refractivity contribution in [1.29, 1.82) is 0 Å². The summed E-state index contributed by atoms with van der Waals surface area (Å²) in [7, 11) is 0. The molecular formula is C6H4BrFN. The molecule has 1 radical (unpaired) electrons. The Morgan fingerprint density at radius 1 is 1.56 bits per heavy atom. The van der Waals surface area contributed by atoms with Gasteiger partial charge in [-0.1, -0.05) is 0 Å². The summed E-state index contributed by atoms with van der Waals surface area (Å²) < 4.78 is 12.8. The molecule has 0 aromatic heterocycles. The molecule has 0 bridgehead atoms. The van der Waals surface area contributed by atoms with Crippen molar-refractivity contribution < 1.29 is 4.39 Å². The second-order valence-electron chi connectivity index (χ2n) is 1.58. The third kappa shape index (κ3) is 1.42. The largest absolute Gasteiger partial charge is 0.398 e. The Hall–Kier alpha value is -0.570. The predicted molar refractivity (Wildman–Crippen MR) is 37.3 cm³/mol. The van der Waals surface area contributed by atoms with Crippen molar-refractivity contribution in [2.45, 2.75) is 0 Å². The summed E-state index contributed by atoms with van der Waals surface area (Å²) in [5.41, 5.74) is 5.53. The third-order valence-corrected chi connectivity index (χ3v) is 1.49. The molecule has 0 heterocycles. The van der Waals surface area contributed by atoms with Gasteiger partial charge in [0.25, 0.3) is 0 Å². The van der Waals surface area contributed by atoms with Crippen LogP contribution in [0.1, 0.15) is 0 Å². The zero-order chi connectivity index (χ0) is 6.85. The fraction of sp³-hybridized carbons (Fsp3) is 0. The highest BCUT2D eigenvalue weighted by molar-refractivity contribution is 9.10. The quantitative estimate of drug-likeness (QED) is 0.620. The first-order chi connectivity index (χ1) is 4.20. The van der Waals surface area contributed by atoms with Crippen molar-refractivity contribution in [2.24, 2.45) is 0 Å². The fourth-order valence-electron chi connectivity index (χ4n) is 0.464. The number of rotatable bonds is 0. The van der Waals surface area contributed by atoms with E-state index < -0.39 is 5.82 Å². The summed E-state index contributed by atoms with van der Waals surface area (Å²) in [6, 6.07) is 5.42. The second-order valence-corrected chi connectivity index (χ2v) is 2.43. The first kappa shape index (κ1) is 6.55. The summed E-state index contributed by atoms with van der Waals surface area (Å²) in [6.07, 6.45) is 0. The van der Waals surface area contributed by atoms with E-state index >= 15 is 0 Å². The minimum atomic E-state index is -0.449. The zero-order valence-corrected chi connectivity index (χ0v) is 6.07. The molecule has 0 aliphatic rings. The summed E-state index contributed by atoms with van der Waals surface area (Å²) in [5.74, 6) is -0.449. The van der Waals surface area contributed by atoms with Gasteiger partial charge in [-0.3, -0.25) is 0 Å². The molecular weight excluding hydrogens is 185 g/mol. The Kier molecular flexibility index (Phi) is 1.71. The normalized spacial score (nSPS) is 9.56. The number of hydrogen-bond acceptors (Lipinski definition) is 1. The minimum Gasteiger partial charge on any atom is -0.398 e. The summed E-state index contributed by atoms with van der Waals surface area (Å²) in [4.78, 5) is 0.